The van der Waals surface area contributed by atoms with Crippen molar-refractivity contribution < 1.29 is 4.39 Å². The van der Waals surface area contributed by atoms with E-state index in [0.717, 1.165) is 0 Å². The summed E-state index contributed by atoms with van der Waals surface area (Å²) >= 11 is 0. The highest BCUT2D eigenvalue weighted by molar-refractivity contribution is 5.26. The number of hydrogen-bond acceptors (Lipinski definition) is 2. The van der Waals surface area contributed by atoms with Crippen LogP contribution in [-0.2, 0) is 0 Å². The Morgan fingerprint density at radius 2 is 2.23 bits per heavy atom. The SMILES string of the molecule is CNCC(C#N)c1ccccc1F. The molecule has 1 unspecified atom stereocenters. The summed E-state index contributed by atoms with van der Waals surface area (Å²) in [6, 6.07) is 8.42. The van der Waals surface area contributed by atoms with Crippen LogP contribution in [-0.4, -0.2) is 13.6 Å². The van der Waals surface area contributed by atoms with Crippen LogP contribution >= 0.6 is 0 Å². The highest BCUT2D eigenvalue weighted by Crippen LogP contribution is 2.17. The summed E-state index contributed by atoms with van der Waals surface area (Å²) in [5.41, 5.74) is 0.458. The van der Waals surface area contributed by atoms with Gasteiger partial charge in [0.25, 0.3) is 0 Å². The number of likely N-dealkylation sites (N-methyl/N-ethyl adjacent to an activating group) is 1. The summed E-state index contributed by atoms with van der Waals surface area (Å²) in [6.07, 6.45) is 0. The number of rotatable bonds is 3. The summed E-state index contributed by atoms with van der Waals surface area (Å²) < 4.78 is 13.2. The second-order valence-electron chi connectivity index (χ2n) is 2.76. The lowest BCUT2D eigenvalue weighted by atomic mass is 10.0. The number of nitrogens with zero attached hydrogens (tertiary/aromatic N) is 1. The molecule has 0 spiro atoms. The molecule has 0 aliphatic heterocycles. The number of hydrogen-bond donors (Lipinski definition) is 1. The molecule has 0 aliphatic carbocycles. The maximum Gasteiger partial charge on any atom is 0.127 e. The summed E-state index contributed by atoms with van der Waals surface area (Å²) in [5.74, 6) is -0.726. The minimum atomic E-state index is -0.411. The van der Waals surface area contributed by atoms with E-state index >= 15 is 0 Å². The summed E-state index contributed by atoms with van der Waals surface area (Å²) in [5, 5.41) is 11.6. The molecule has 0 saturated carbocycles. The normalized spacial score (nSPS) is 12.1. The van der Waals surface area contributed by atoms with Gasteiger partial charge >= 0.3 is 0 Å². The first-order valence-corrected chi connectivity index (χ1v) is 4.08. The van der Waals surface area contributed by atoms with Crippen molar-refractivity contribution in [3.63, 3.8) is 0 Å². The molecule has 0 radical (unpaired) electrons. The molecule has 0 heterocycles. The van der Waals surface area contributed by atoms with E-state index in [4.69, 9.17) is 5.26 Å². The lowest BCUT2D eigenvalue weighted by Crippen LogP contribution is -2.16. The van der Waals surface area contributed by atoms with Crippen molar-refractivity contribution in [2.45, 2.75) is 5.92 Å². The molecule has 3 heteroatoms. The van der Waals surface area contributed by atoms with Crippen molar-refractivity contribution in [2.24, 2.45) is 0 Å². The minimum Gasteiger partial charge on any atom is -0.318 e. The Bertz CT molecular complexity index is 317. The lowest BCUT2D eigenvalue weighted by molar-refractivity contribution is 0.593. The van der Waals surface area contributed by atoms with Crippen LogP contribution in [0.2, 0.25) is 0 Å². The molecule has 2 nitrogen and oxygen atoms in total. The molecule has 0 saturated heterocycles. The zero-order chi connectivity index (χ0) is 9.68. The smallest absolute Gasteiger partial charge is 0.127 e. The second kappa shape index (κ2) is 4.58. The van der Waals surface area contributed by atoms with Crippen LogP contribution < -0.4 is 5.32 Å². The van der Waals surface area contributed by atoms with E-state index in [0.29, 0.717) is 12.1 Å². The lowest BCUT2D eigenvalue weighted by Gasteiger charge is -2.08. The molecule has 1 rings (SSSR count). The van der Waals surface area contributed by atoms with Crippen molar-refractivity contribution in [1.29, 1.82) is 5.26 Å². The van der Waals surface area contributed by atoms with Crippen LogP contribution in [0.25, 0.3) is 0 Å². The minimum absolute atomic E-state index is 0.315. The highest BCUT2D eigenvalue weighted by Gasteiger charge is 2.12. The van der Waals surface area contributed by atoms with E-state index in [-0.39, 0.29) is 5.82 Å². The summed E-state index contributed by atoms with van der Waals surface area (Å²) in [4.78, 5) is 0. The molecule has 0 fully saturated rings. The van der Waals surface area contributed by atoms with Gasteiger partial charge in [-0.15, -0.1) is 0 Å². The first kappa shape index (κ1) is 9.69. The van der Waals surface area contributed by atoms with Crippen LogP contribution in [0.1, 0.15) is 11.5 Å². The van der Waals surface area contributed by atoms with Crippen LogP contribution in [0.4, 0.5) is 4.39 Å². The van der Waals surface area contributed by atoms with E-state index in [1.165, 1.54) is 6.07 Å². The van der Waals surface area contributed by atoms with Crippen LogP contribution in [0, 0.1) is 17.1 Å². The Hall–Kier alpha value is -1.40. The molecule has 68 valence electrons. The molecular formula is C10H11FN2. The van der Waals surface area contributed by atoms with E-state index in [2.05, 4.69) is 11.4 Å². The zero-order valence-corrected chi connectivity index (χ0v) is 7.42. The largest absolute Gasteiger partial charge is 0.318 e. The Labute approximate surface area is 77.0 Å². The average molecular weight is 178 g/mol. The van der Waals surface area contributed by atoms with Gasteiger partial charge < -0.3 is 5.32 Å². The first-order chi connectivity index (χ1) is 6.29. The van der Waals surface area contributed by atoms with Crippen molar-refractivity contribution in [3.05, 3.63) is 35.6 Å². The maximum atomic E-state index is 13.2. The standard InChI is InChI=1S/C10H11FN2/c1-13-7-8(6-12)9-4-2-3-5-10(9)11/h2-5,8,13H,7H2,1H3. The van der Waals surface area contributed by atoms with Gasteiger partial charge in [-0.25, -0.2) is 4.39 Å². The molecular weight excluding hydrogens is 167 g/mol. The monoisotopic (exact) mass is 178 g/mol. The molecule has 13 heavy (non-hydrogen) atoms. The summed E-state index contributed by atoms with van der Waals surface area (Å²) in [7, 11) is 1.74. The van der Waals surface area contributed by atoms with E-state index < -0.39 is 5.92 Å². The number of nitriles is 1. The van der Waals surface area contributed by atoms with Gasteiger partial charge in [0, 0.05) is 12.1 Å². The van der Waals surface area contributed by atoms with Gasteiger partial charge in [0.1, 0.15) is 5.82 Å². The van der Waals surface area contributed by atoms with Gasteiger partial charge in [-0.2, -0.15) is 5.26 Å². The molecule has 1 aromatic carbocycles. The van der Waals surface area contributed by atoms with Crippen molar-refractivity contribution >= 4 is 0 Å². The topological polar surface area (TPSA) is 35.8 Å². The number of halogens is 1. The number of benzene rings is 1. The fourth-order valence-corrected chi connectivity index (χ4v) is 1.19. The quantitative estimate of drug-likeness (QED) is 0.764. The predicted octanol–water partition coefficient (Wildman–Crippen LogP) is 1.65. The molecule has 1 N–H and O–H groups in total. The predicted molar refractivity (Wildman–Crippen MR) is 48.7 cm³/mol. The zero-order valence-electron chi connectivity index (χ0n) is 7.42. The van der Waals surface area contributed by atoms with Crippen molar-refractivity contribution in [2.75, 3.05) is 13.6 Å². The fourth-order valence-electron chi connectivity index (χ4n) is 1.19. The van der Waals surface area contributed by atoms with Crippen molar-refractivity contribution in [3.8, 4) is 6.07 Å². The number of nitrogens with one attached hydrogen (secondary N) is 1. The molecule has 0 amide bonds. The van der Waals surface area contributed by atoms with Gasteiger partial charge in [0.15, 0.2) is 0 Å². The molecule has 0 aliphatic rings. The fraction of sp³-hybridized carbons (Fsp3) is 0.300. The molecule has 0 bridgehead atoms. The Morgan fingerprint density at radius 3 is 2.77 bits per heavy atom. The van der Waals surface area contributed by atoms with Crippen LogP contribution in [0.3, 0.4) is 0 Å². The van der Waals surface area contributed by atoms with Gasteiger partial charge in [0.2, 0.25) is 0 Å². The Balaban J connectivity index is 2.92. The maximum absolute atomic E-state index is 13.2. The third-order valence-corrected chi connectivity index (χ3v) is 1.84. The summed E-state index contributed by atoms with van der Waals surface area (Å²) in [6.45, 7) is 0.470. The van der Waals surface area contributed by atoms with E-state index in [1.54, 1.807) is 25.2 Å². The average Bonchev–Trinajstić information content (AvgIpc) is 2.16. The second-order valence-corrected chi connectivity index (χ2v) is 2.76. The van der Waals surface area contributed by atoms with Gasteiger partial charge in [-0.3, -0.25) is 0 Å². The van der Waals surface area contributed by atoms with Gasteiger partial charge in [0.05, 0.1) is 12.0 Å². The highest BCUT2D eigenvalue weighted by atomic mass is 19.1. The molecule has 1 atom stereocenters. The third-order valence-electron chi connectivity index (χ3n) is 1.84. The van der Waals surface area contributed by atoms with E-state index in [1.807, 2.05) is 0 Å². The van der Waals surface area contributed by atoms with Crippen molar-refractivity contribution in [1.82, 2.24) is 5.32 Å². The van der Waals surface area contributed by atoms with E-state index in [9.17, 15) is 4.39 Å². The van der Waals surface area contributed by atoms with Crippen LogP contribution in [0.5, 0.6) is 0 Å². The van der Waals surface area contributed by atoms with Gasteiger partial charge in [-0.05, 0) is 13.1 Å². The first-order valence-electron chi connectivity index (χ1n) is 4.08. The molecule has 1 aromatic rings. The third kappa shape index (κ3) is 2.27. The Kier molecular flexibility index (Phi) is 3.41. The Morgan fingerprint density at radius 1 is 1.54 bits per heavy atom. The van der Waals surface area contributed by atoms with Gasteiger partial charge in [-0.1, -0.05) is 18.2 Å². The molecule has 0 aromatic heterocycles. The van der Waals surface area contributed by atoms with Crippen LogP contribution in [0.15, 0.2) is 24.3 Å².